The lowest BCUT2D eigenvalue weighted by Gasteiger charge is -2.09. The fourth-order valence-electron chi connectivity index (χ4n) is 1.53. The van der Waals surface area contributed by atoms with Crippen LogP contribution in [0.3, 0.4) is 0 Å². The van der Waals surface area contributed by atoms with E-state index < -0.39 is 0 Å². The molecule has 0 unspecified atom stereocenters. The number of aromatic nitrogens is 1. The van der Waals surface area contributed by atoms with Crippen molar-refractivity contribution in [2.75, 3.05) is 5.32 Å². The highest BCUT2D eigenvalue weighted by Gasteiger charge is 2.02. The minimum Gasteiger partial charge on any atom is -0.380 e. The standard InChI is InChI=1S/C13H11BrCl2N2/c1-8-4-11(7-18-13(8)16)17-6-9-5-10(15)2-3-12(9)14/h2-5,7,17H,6H2,1H3. The summed E-state index contributed by atoms with van der Waals surface area (Å²) in [6, 6.07) is 7.68. The molecule has 0 amide bonds. The number of pyridine rings is 1. The monoisotopic (exact) mass is 344 g/mol. The normalized spacial score (nSPS) is 10.4. The van der Waals surface area contributed by atoms with Gasteiger partial charge in [0.1, 0.15) is 5.15 Å². The lowest BCUT2D eigenvalue weighted by atomic mass is 10.2. The molecule has 2 rings (SSSR count). The van der Waals surface area contributed by atoms with Gasteiger partial charge in [-0.15, -0.1) is 0 Å². The maximum absolute atomic E-state index is 5.97. The summed E-state index contributed by atoms with van der Waals surface area (Å²) >= 11 is 15.3. The van der Waals surface area contributed by atoms with Gasteiger partial charge in [0.15, 0.2) is 0 Å². The van der Waals surface area contributed by atoms with Crippen molar-refractivity contribution in [2.24, 2.45) is 0 Å². The van der Waals surface area contributed by atoms with Gasteiger partial charge in [-0.1, -0.05) is 39.1 Å². The number of nitrogens with one attached hydrogen (secondary N) is 1. The van der Waals surface area contributed by atoms with Crippen molar-refractivity contribution < 1.29 is 0 Å². The molecule has 0 atom stereocenters. The van der Waals surface area contributed by atoms with Gasteiger partial charge in [0.25, 0.3) is 0 Å². The SMILES string of the molecule is Cc1cc(NCc2cc(Cl)ccc2Br)cnc1Cl. The largest absolute Gasteiger partial charge is 0.380 e. The smallest absolute Gasteiger partial charge is 0.132 e. The zero-order valence-corrected chi connectivity index (χ0v) is 12.8. The molecule has 0 fully saturated rings. The van der Waals surface area contributed by atoms with Gasteiger partial charge < -0.3 is 5.32 Å². The average Bonchev–Trinajstić information content (AvgIpc) is 2.34. The van der Waals surface area contributed by atoms with E-state index in [9.17, 15) is 0 Å². The van der Waals surface area contributed by atoms with Gasteiger partial charge in [0, 0.05) is 16.0 Å². The number of anilines is 1. The van der Waals surface area contributed by atoms with Crippen LogP contribution in [0.15, 0.2) is 34.9 Å². The fraction of sp³-hybridized carbons (Fsp3) is 0.154. The van der Waals surface area contributed by atoms with Crippen molar-refractivity contribution in [3.63, 3.8) is 0 Å². The molecule has 1 N–H and O–H groups in total. The molecule has 0 saturated heterocycles. The van der Waals surface area contributed by atoms with Crippen LogP contribution in [0.2, 0.25) is 10.2 Å². The number of hydrogen-bond acceptors (Lipinski definition) is 2. The third-order valence-corrected chi connectivity index (χ3v) is 3.91. The van der Waals surface area contributed by atoms with Gasteiger partial charge in [0.2, 0.25) is 0 Å². The molecule has 2 nitrogen and oxygen atoms in total. The van der Waals surface area contributed by atoms with E-state index in [1.54, 1.807) is 6.20 Å². The zero-order chi connectivity index (χ0) is 13.1. The Morgan fingerprint density at radius 1 is 1.28 bits per heavy atom. The van der Waals surface area contributed by atoms with E-state index in [4.69, 9.17) is 23.2 Å². The number of rotatable bonds is 3. The van der Waals surface area contributed by atoms with Crippen molar-refractivity contribution in [2.45, 2.75) is 13.5 Å². The number of aryl methyl sites for hydroxylation is 1. The molecular formula is C13H11BrCl2N2. The van der Waals surface area contributed by atoms with Gasteiger partial charge in [-0.05, 0) is 42.3 Å². The molecule has 0 aliphatic rings. The number of nitrogens with zero attached hydrogens (tertiary/aromatic N) is 1. The molecular weight excluding hydrogens is 335 g/mol. The van der Waals surface area contributed by atoms with Gasteiger partial charge in [-0.2, -0.15) is 0 Å². The van der Waals surface area contributed by atoms with E-state index in [1.165, 1.54) is 0 Å². The van der Waals surface area contributed by atoms with Crippen LogP contribution in [0.5, 0.6) is 0 Å². The van der Waals surface area contributed by atoms with Crippen LogP contribution in [0, 0.1) is 6.92 Å². The molecule has 1 aromatic carbocycles. The molecule has 1 aromatic heterocycles. The van der Waals surface area contributed by atoms with Crippen LogP contribution in [-0.4, -0.2) is 4.98 Å². The van der Waals surface area contributed by atoms with Crippen molar-refractivity contribution in [1.82, 2.24) is 4.98 Å². The maximum Gasteiger partial charge on any atom is 0.132 e. The number of halogens is 3. The molecule has 0 spiro atoms. The lowest BCUT2D eigenvalue weighted by molar-refractivity contribution is 1.12. The summed E-state index contributed by atoms with van der Waals surface area (Å²) in [6.07, 6.45) is 1.72. The molecule has 2 aromatic rings. The third kappa shape index (κ3) is 3.37. The maximum atomic E-state index is 5.97. The topological polar surface area (TPSA) is 24.9 Å². The Balaban J connectivity index is 2.11. The second-order valence-electron chi connectivity index (χ2n) is 3.92. The van der Waals surface area contributed by atoms with Crippen LogP contribution in [0.25, 0.3) is 0 Å². The summed E-state index contributed by atoms with van der Waals surface area (Å²) < 4.78 is 1.03. The first-order valence-corrected chi connectivity index (χ1v) is 6.91. The van der Waals surface area contributed by atoms with Crippen LogP contribution in [-0.2, 0) is 6.54 Å². The number of benzene rings is 1. The second-order valence-corrected chi connectivity index (χ2v) is 5.57. The Hall–Kier alpha value is -0.770. The molecule has 0 saturated carbocycles. The van der Waals surface area contributed by atoms with E-state index in [1.807, 2.05) is 31.2 Å². The first kappa shape index (κ1) is 13.7. The van der Waals surface area contributed by atoms with Crippen LogP contribution < -0.4 is 5.32 Å². The highest BCUT2D eigenvalue weighted by atomic mass is 79.9. The van der Waals surface area contributed by atoms with Crippen molar-refractivity contribution >= 4 is 44.8 Å². The Morgan fingerprint density at radius 3 is 2.78 bits per heavy atom. The predicted octanol–water partition coefficient (Wildman–Crippen LogP) is 5.07. The molecule has 94 valence electrons. The van der Waals surface area contributed by atoms with E-state index in [0.29, 0.717) is 11.7 Å². The summed E-state index contributed by atoms with van der Waals surface area (Å²) in [5, 5.41) is 4.54. The minimum absolute atomic E-state index is 0.532. The van der Waals surface area contributed by atoms with Crippen molar-refractivity contribution in [3.8, 4) is 0 Å². The van der Waals surface area contributed by atoms with Crippen molar-refractivity contribution in [3.05, 3.63) is 56.2 Å². The molecule has 0 aliphatic heterocycles. The van der Waals surface area contributed by atoms with Gasteiger partial charge in [-0.25, -0.2) is 4.98 Å². The molecule has 0 bridgehead atoms. The summed E-state index contributed by atoms with van der Waals surface area (Å²) in [5.41, 5.74) is 2.98. The average molecular weight is 346 g/mol. The predicted molar refractivity (Wildman–Crippen MR) is 80.5 cm³/mol. The van der Waals surface area contributed by atoms with Gasteiger partial charge >= 0.3 is 0 Å². The van der Waals surface area contributed by atoms with E-state index in [2.05, 4.69) is 26.2 Å². The van der Waals surface area contributed by atoms with Crippen LogP contribution >= 0.6 is 39.1 Å². The van der Waals surface area contributed by atoms with Gasteiger partial charge in [0.05, 0.1) is 11.9 Å². The Kier molecular flexibility index (Phi) is 4.49. The molecule has 0 radical (unpaired) electrons. The molecule has 1 heterocycles. The van der Waals surface area contributed by atoms with Gasteiger partial charge in [-0.3, -0.25) is 0 Å². The lowest BCUT2D eigenvalue weighted by Crippen LogP contribution is -2.01. The quantitative estimate of drug-likeness (QED) is 0.785. The van der Waals surface area contributed by atoms with Crippen molar-refractivity contribution in [1.29, 1.82) is 0 Å². The second kappa shape index (κ2) is 5.91. The van der Waals surface area contributed by atoms with E-state index in [0.717, 1.165) is 26.3 Å². The zero-order valence-electron chi connectivity index (χ0n) is 9.67. The van der Waals surface area contributed by atoms with Crippen LogP contribution in [0.1, 0.15) is 11.1 Å². The molecule has 5 heteroatoms. The first-order chi connectivity index (χ1) is 8.56. The summed E-state index contributed by atoms with van der Waals surface area (Å²) in [4.78, 5) is 4.10. The third-order valence-electron chi connectivity index (χ3n) is 2.51. The highest BCUT2D eigenvalue weighted by molar-refractivity contribution is 9.10. The summed E-state index contributed by atoms with van der Waals surface area (Å²) in [7, 11) is 0. The molecule has 18 heavy (non-hydrogen) atoms. The first-order valence-electron chi connectivity index (χ1n) is 5.36. The highest BCUT2D eigenvalue weighted by Crippen LogP contribution is 2.23. The van der Waals surface area contributed by atoms with Crippen LogP contribution in [0.4, 0.5) is 5.69 Å². The van der Waals surface area contributed by atoms with E-state index in [-0.39, 0.29) is 0 Å². The summed E-state index contributed by atoms with van der Waals surface area (Å²) in [6.45, 7) is 2.60. The Bertz CT molecular complexity index is 573. The Morgan fingerprint density at radius 2 is 2.06 bits per heavy atom. The Labute approximate surface area is 124 Å². The number of hydrogen-bond donors (Lipinski definition) is 1. The van der Waals surface area contributed by atoms with E-state index >= 15 is 0 Å². The molecule has 0 aliphatic carbocycles. The summed E-state index contributed by atoms with van der Waals surface area (Å²) in [5.74, 6) is 0. The fourth-order valence-corrected chi connectivity index (χ4v) is 2.22. The minimum atomic E-state index is 0.532.